The molecular formula is C17H17N5O2. The van der Waals surface area contributed by atoms with Crippen molar-refractivity contribution in [3.8, 4) is 23.1 Å². The van der Waals surface area contributed by atoms with Gasteiger partial charge in [0, 0.05) is 30.4 Å². The molecule has 3 aromatic heterocycles. The molecule has 7 nitrogen and oxygen atoms in total. The lowest BCUT2D eigenvalue weighted by atomic mass is 9.79. The summed E-state index contributed by atoms with van der Waals surface area (Å²) in [5.41, 5.74) is 0.869. The predicted octanol–water partition coefficient (Wildman–Crippen LogP) is 2.60. The molecule has 0 spiro atoms. The van der Waals surface area contributed by atoms with Gasteiger partial charge in [-0.15, -0.1) is 0 Å². The third-order valence-corrected chi connectivity index (χ3v) is 5.06. The second kappa shape index (κ2) is 5.52. The molecule has 1 unspecified atom stereocenters. The predicted molar refractivity (Wildman–Crippen MR) is 84.9 cm³/mol. The van der Waals surface area contributed by atoms with Gasteiger partial charge in [-0.25, -0.2) is 4.98 Å². The van der Waals surface area contributed by atoms with Crippen molar-refractivity contribution in [2.24, 2.45) is 5.92 Å². The van der Waals surface area contributed by atoms with Gasteiger partial charge in [-0.3, -0.25) is 4.98 Å². The molecule has 2 bridgehead atoms. The number of piperidine rings is 3. The Kier molecular flexibility index (Phi) is 3.19. The summed E-state index contributed by atoms with van der Waals surface area (Å²) in [7, 11) is 0. The second-order valence-corrected chi connectivity index (χ2v) is 6.47. The zero-order valence-electron chi connectivity index (χ0n) is 13.1. The Labute approximate surface area is 138 Å². The van der Waals surface area contributed by atoms with Crippen LogP contribution in [-0.2, 0) is 0 Å². The monoisotopic (exact) mass is 323 g/mol. The Morgan fingerprint density at radius 3 is 2.79 bits per heavy atom. The number of oxazole rings is 1. The maximum Gasteiger partial charge on any atom is 0.313 e. The zero-order chi connectivity index (χ0) is 15.9. The minimum Gasteiger partial charge on any atom is -0.432 e. The average Bonchev–Trinajstić information content (AvgIpc) is 3.33. The molecule has 3 aromatic rings. The number of aromatic nitrogens is 4. The molecular weight excluding hydrogens is 306 g/mol. The van der Waals surface area contributed by atoms with E-state index in [0.29, 0.717) is 29.4 Å². The molecule has 0 aliphatic carbocycles. The van der Waals surface area contributed by atoms with Crippen molar-refractivity contribution in [1.82, 2.24) is 25.0 Å². The van der Waals surface area contributed by atoms with Crippen LogP contribution in [0, 0.1) is 5.92 Å². The normalized spacial score (nSPS) is 25.9. The van der Waals surface area contributed by atoms with Crippen LogP contribution in [-0.4, -0.2) is 44.6 Å². The first-order chi connectivity index (χ1) is 11.9. The maximum atomic E-state index is 5.76. The van der Waals surface area contributed by atoms with Crippen LogP contribution in [0.25, 0.3) is 23.1 Å². The molecule has 122 valence electrons. The SMILES string of the molecule is c1cncc(-c2cnc(-c3nc(C4CN5CCC4CC5)no3)o2)c1. The molecule has 7 heteroatoms. The molecule has 0 amide bonds. The summed E-state index contributed by atoms with van der Waals surface area (Å²) in [6, 6.07) is 3.78. The number of pyridine rings is 1. The quantitative estimate of drug-likeness (QED) is 0.732. The van der Waals surface area contributed by atoms with Crippen LogP contribution in [0.4, 0.5) is 0 Å². The fourth-order valence-corrected chi connectivity index (χ4v) is 3.74. The molecule has 0 aromatic carbocycles. The van der Waals surface area contributed by atoms with Gasteiger partial charge in [0.25, 0.3) is 5.89 Å². The molecule has 0 saturated carbocycles. The van der Waals surface area contributed by atoms with E-state index in [1.165, 1.54) is 25.9 Å². The van der Waals surface area contributed by atoms with Crippen molar-refractivity contribution < 1.29 is 8.94 Å². The van der Waals surface area contributed by atoms with E-state index >= 15 is 0 Å². The van der Waals surface area contributed by atoms with Crippen LogP contribution < -0.4 is 0 Å². The van der Waals surface area contributed by atoms with Gasteiger partial charge in [0.2, 0.25) is 0 Å². The lowest BCUT2D eigenvalue weighted by Gasteiger charge is -2.43. The van der Waals surface area contributed by atoms with Gasteiger partial charge < -0.3 is 13.8 Å². The zero-order valence-corrected chi connectivity index (χ0v) is 13.1. The summed E-state index contributed by atoms with van der Waals surface area (Å²) < 4.78 is 11.2. The van der Waals surface area contributed by atoms with Crippen LogP contribution in [0.1, 0.15) is 24.6 Å². The molecule has 3 aliphatic heterocycles. The van der Waals surface area contributed by atoms with Crippen molar-refractivity contribution in [3.63, 3.8) is 0 Å². The molecule has 6 rings (SSSR count). The van der Waals surface area contributed by atoms with Crippen molar-refractivity contribution in [2.75, 3.05) is 19.6 Å². The average molecular weight is 323 g/mol. The minimum absolute atomic E-state index is 0.344. The van der Waals surface area contributed by atoms with Gasteiger partial charge in [0.1, 0.15) is 0 Å². The summed E-state index contributed by atoms with van der Waals surface area (Å²) in [5.74, 6) is 3.14. The van der Waals surface area contributed by atoms with Gasteiger partial charge in [0.15, 0.2) is 11.6 Å². The number of hydrogen-bond donors (Lipinski definition) is 0. The molecule has 0 N–H and O–H groups in total. The fraction of sp³-hybridized carbons (Fsp3) is 0.412. The Hall–Kier alpha value is -2.54. The fourth-order valence-electron chi connectivity index (χ4n) is 3.74. The van der Waals surface area contributed by atoms with Gasteiger partial charge >= 0.3 is 5.89 Å². The van der Waals surface area contributed by atoms with Crippen LogP contribution in [0.2, 0.25) is 0 Å². The Balaban J connectivity index is 1.41. The number of nitrogens with zero attached hydrogens (tertiary/aromatic N) is 5. The smallest absolute Gasteiger partial charge is 0.313 e. The first-order valence-electron chi connectivity index (χ1n) is 8.29. The van der Waals surface area contributed by atoms with E-state index in [-0.39, 0.29) is 0 Å². The number of fused-ring (bicyclic) bond motifs is 3. The Morgan fingerprint density at radius 1 is 1.12 bits per heavy atom. The van der Waals surface area contributed by atoms with E-state index in [9.17, 15) is 0 Å². The lowest BCUT2D eigenvalue weighted by Crippen LogP contribution is -2.46. The van der Waals surface area contributed by atoms with Crippen molar-refractivity contribution in [3.05, 3.63) is 36.5 Å². The topological polar surface area (TPSA) is 81.1 Å². The third kappa shape index (κ3) is 2.32. The van der Waals surface area contributed by atoms with Gasteiger partial charge in [-0.1, -0.05) is 5.16 Å². The van der Waals surface area contributed by atoms with E-state index in [1.807, 2.05) is 12.1 Å². The Bertz CT molecular complexity index is 836. The van der Waals surface area contributed by atoms with E-state index in [1.54, 1.807) is 18.6 Å². The first-order valence-corrected chi connectivity index (χ1v) is 8.29. The standard InChI is InChI=1S/C17H17N5O2/c1-2-12(8-18-5-1)14-9-19-16(23-14)17-20-15(21-24-17)13-10-22-6-3-11(13)4-7-22/h1-2,5,8-9,11,13H,3-4,6-7,10H2. The van der Waals surface area contributed by atoms with E-state index in [0.717, 1.165) is 17.9 Å². The summed E-state index contributed by atoms with van der Waals surface area (Å²) in [4.78, 5) is 15.4. The van der Waals surface area contributed by atoms with Crippen LogP contribution in [0.3, 0.4) is 0 Å². The highest BCUT2D eigenvalue weighted by atomic mass is 16.5. The number of hydrogen-bond acceptors (Lipinski definition) is 7. The van der Waals surface area contributed by atoms with Crippen molar-refractivity contribution >= 4 is 0 Å². The molecule has 1 atom stereocenters. The third-order valence-electron chi connectivity index (χ3n) is 5.06. The minimum atomic E-state index is 0.344. The van der Waals surface area contributed by atoms with Gasteiger partial charge in [-0.05, 0) is 44.0 Å². The van der Waals surface area contributed by atoms with Crippen LogP contribution in [0.15, 0.2) is 39.7 Å². The highest BCUT2D eigenvalue weighted by Crippen LogP contribution is 2.38. The highest BCUT2D eigenvalue weighted by Gasteiger charge is 2.37. The van der Waals surface area contributed by atoms with E-state index in [2.05, 4.69) is 25.0 Å². The second-order valence-electron chi connectivity index (χ2n) is 6.47. The summed E-state index contributed by atoms with van der Waals surface area (Å²) in [6.07, 6.45) is 7.55. The summed E-state index contributed by atoms with van der Waals surface area (Å²) in [5, 5.41) is 4.19. The van der Waals surface area contributed by atoms with Gasteiger partial charge in [-0.2, -0.15) is 4.98 Å². The molecule has 24 heavy (non-hydrogen) atoms. The van der Waals surface area contributed by atoms with E-state index < -0.39 is 0 Å². The molecule has 3 saturated heterocycles. The highest BCUT2D eigenvalue weighted by molar-refractivity contribution is 5.56. The molecule has 0 radical (unpaired) electrons. The van der Waals surface area contributed by atoms with Crippen LogP contribution >= 0.6 is 0 Å². The lowest BCUT2D eigenvalue weighted by molar-refractivity contribution is 0.0825. The number of rotatable bonds is 3. The maximum absolute atomic E-state index is 5.76. The first kappa shape index (κ1) is 13.9. The summed E-state index contributed by atoms with van der Waals surface area (Å²) >= 11 is 0. The molecule has 3 aliphatic rings. The Morgan fingerprint density at radius 2 is 2.04 bits per heavy atom. The molecule has 6 heterocycles. The van der Waals surface area contributed by atoms with Crippen molar-refractivity contribution in [2.45, 2.75) is 18.8 Å². The van der Waals surface area contributed by atoms with Gasteiger partial charge in [0.05, 0.1) is 6.20 Å². The summed E-state index contributed by atoms with van der Waals surface area (Å²) in [6.45, 7) is 3.41. The van der Waals surface area contributed by atoms with E-state index in [4.69, 9.17) is 8.94 Å². The van der Waals surface area contributed by atoms with Crippen molar-refractivity contribution in [1.29, 1.82) is 0 Å². The van der Waals surface area contributed by atoms with Crippen LogP contribution in [0.5, 0.6) is 0 Å². The molecule has 3 fully saturated rings. The largest absolute Gasteiger partial charge is 0.432 e.